The summed E-state index contributed by atoms with van der Waals surface area (Å²) in [4.78, 5) is 0.0179. The maximum absolute atomic E-state index is 12.6. The first-order chi connectivity index (χ1) is 9.41. The van der Waals surface area contributed by atoms with E-state index < -0.39 is 16.6 Å². The van der Waals surface area contributed by atoms with Crippen molar-refractivity contribution < 1.29 is 13.5 Å². The van der Waals surface area contributed by atoms with Crippen molar-refractivity contribution >= 4 is 33.2 Å². The minimum atomic E-state index is -3.63. The van der Waals surface area contributed by atoms with Gasteiger partial charge in [-0.3, -0.25) is 0 Å². The molecule has 1 aromatic rings. The van der Waals surface area contributed by atoms with Crippen molar-refractivity contribution in [2.45, 2.75) is 31.3 Å². The summed E-state index contributed by atoms with van der Waals surface area (Å²) in [5.74, 6) is 0.396. The van der Waals surface area contributed by atoms with E-state index in [4.69, 9.17) is 23.2 Å². The van der Waals surface area contributed by atoms with Crippen molar-refractivity contribution in [2.75, 3.05) is 13.1 Å². The van der Waals surface area contributed by atoms with Crippen molar-refractivity contribution in [3.63, 3.8) is 0 Å². The van der Waals surface area contributed by atoms with Gasteiger partial charge in [0.2, 0.25) is 10.0 Å². The van der Waals surface area contributed by atoms with Gasteiger partial charge in [0, 0.05) is 23.7 Å². The van der Waals surface area contributed by atoms with Crippen LogP contribution in [0.5, 0.6) is 0 Å². The van der Waals surface area contributed by atoms with Gasteiger partial charge in [0.1, 0.15) is 4.90 Å². The van der Waals surface area contributed by atoms with Crippen LogP contribution in [0.25, 0.3) is 0 Å². The molecule has 0 aliphatic carbocycles. The molecule has 0 bridgehead atoms. The van der Waals surface area contributed by atoms with Gasteiger partial charge in [-0.1, -0.05) is 36.5 Å². The molecule has 1 fully saturated rings. The number of aliphatic hydroxyl groups is 1. The zero-order chi connectivity index (χ0) is 14.9. The van der Waals surface area contributed by atoms with E-state index in [9.17, 15) is 13.5 Å². The Morgan fingerprint density at radius 1 is 1.40 bits per heavy atom. The normalized spacial score (nSPS) is 20.5. The van der Waals surface area contributed by atoms with Crippen LogP contribution in [0.1, 0.15) is 25.3 Å². The van der Waals surface area contributed by atoms with Gasteiger partial charge in [-0.25, -0.2) is 8.42 Å². The molecule has 0 amide bonds. The van der Waals surface area contributed by atoms with Crippen LogP contribution in [0.4, 0.5) is 0 Å². The first-order valence-corrected chi connectivity index (χ1v) is 8.69. The summed E-state index contributed by atoms with van der Waals surface area (Å²) in [5.41, 5.74) is 0.251. The second kappa shape index (κ2) is 6.20. The zero-order valence-corrected chi connectivity index (χ0v) is 13.5. The number of nitrogens with zero attached hydrogens (tertiary/aromatic N) is 1. The lowest BCUT2D eigenvalue weighted by Gasteiger charge is -2.18. The fourth-order valence-electron chi connectivity index (χ4n) is 2.41. The summed E-state index contributed by atoms with van der Waals surface area (Å²) in [5, 5.41) is 9.54. The molecular formula is C13H17Cl2NO3S. The predicted octanol–water partition coefficient (Wildman–Crippen LogP) is 2.91. The van der Waals surface area contributed by atoms with Crippen molar-refractivity contribution in [1.82, 2.24) is 4.31 Å². The summed E-state index contributed by atoms with van der Waals surface area (Å²) >= 11 is 12.0. The highest BCUT2D eigenvalue weighted by molar-refractivity contribution is 7.89. The van der Waals surface area contributed by atoms with Crippen LogP contribution in [0.2, 0.25) is 10.0 Å². The fraction of sp³-hybridized carbons (Fsp3) is 0.538. The van der Waals surface area contributed by atoms with E-state index in [1.54, 1.807) is 0 Å². The van der Waals surface area contributed by atoms with Crippen LogP contribution in [-0.4, -0.2) is 30.9 Å². The van der Waals surface area contributed by atoms with Gasteiger partial charge >= 0.3 is 0 Å². The Kier molecular flexibility index (Phi) is 4.97. The third-order valence-corrected chi connectivity index (χ3v) is 6.56. The Hall–Kier alpha value is -0.330. The van der Waals surface area contributed by atoms with Crippen molar-refractivity contribution in [1.29, 1.82) is 0 Å². The van der Waals surface area contributed by atoms with Gasteiger partial charge in [-0.05, 0) is 24.5 Å². The molecule has 4 nitrogen and oxygen atoms in total. The Labute approximate surface area is 129 Å². The number of rotatable bonds is 4. The summed E-state index contributed by atoms with van der Waals surface area (Å²) in [6.45, 7) is 2.69. The van der Waals surface area contributed by atoms with Gasteiger partial charge in [0.15, 0.2) is 0 Å². The highest BCUT2D eigenvalue weighted by Crippen LogP contribution is 2.34. The van der Waals surface area contributed by atoms with Crippen molar-refractivity contribution in [3.05, 3.63) is 27.7 Å². The average Bonchev–Trinajstić information content (AvgIpc) is 2.88. The molecule has 112 valence electrons. The molecule has 1 heterocycles. The molecule has 1 aliphatic rings. The number of benzene rings is 1. The zero-order valence-electron chi connectivity index (χ0n) is 11.1. The van der Waals surface area contributed by atoms with Gasteiger partial charge in [0.05, 0.1) is 11.6 Å². The third kappa shape index (κ3) is 2.83. The minimum Gasteiger partial charge on any atom is -0.392 e. The molecule has 1 aliphatic heterocycles. The number of aliphatic hydroxyl groups excluding tert-OH is 1. The standard InChI is InChI=1S/C13H17Cl2NO3S/c1-2-9-5-6-16(7-9)20(18,19)12-4-3-11(14)10(8-17)13(12)15/h3-4,9,17H,2,5-8H2,1H3. The second-order valence-corrected chi connectivity index (χ2v) is 7.61. The summed E-state index contributed by atoms with van der Waals surface area (Å²) in [6.07, 6.45) is 1.83. The van der Waals surface area contributed by atoms with E-state index in [2.05, 4.69) is 6.92 Å². The first-order valence-electron chi connectivity index (χ1n) is 6.49. The van der Waals surface area contributed by atoms with E-state index >= 15 is 0 Å². The molecule has 0 spiro atoms. The number of halogens is 2. The first kappa shape index (κ1) is 16.0. The van der Waals surface area contributed by atoms with Crippen molar-refractivity contribution in [3.8, 4) is 0 Å². The Morgan fingerprint density at radius 3 is 2.65 bits per heavy atom. The molecule has 1 atom stereocenters. The molecule has 0 radical (unpaired) electrons. The lowest BCUT2D eigenvalue weighted by atomic mass is 10.1. The number of hydrogen-bond acceptors (Lipinski definition) is 3. The molecule has 1 N–H and O–H groups in total. The Balaban J connectivity index is 2.41. The minimum absolute atomic E-state index is 0.0138. The highest BCUT2D eigenvalue weighted by Gasteiger charge is 2.33. The molecule has 1 unspecified atom stereocenters. The number of sulfonamides is 1. The monoisotopic (exact) mass is 337 g/mol. The van der Waals surface area contributed by atoms with E-state index in [0.717, 1.165) is 12.8 Å². The van der Waals surface area contributed by atoms with Crippen LogP contribution in [0.3, 0.4) is 0 Å². The fourth-order valence-corrected chi connectivity index (χ4v) is 4.81. The molecule has 7 heteroatoms. The van der Waals surface area contributed by atoms with Crippen LogP contribution in [0.15, 0.2) is 17.0 Å². The summed E-state index contributed by atoms with van der Waals surface area (Å²) < 4.78 is 26.7. The Bertz CT molecular complexity index is 604. The molecule has 0 saturated carbocycles. The molecule has 1 aromatic carbocycles. The quantitative estimate of drug-likeness (QED) is 0.918. The van der Waals surface area contributed by atoms with Crippen LogP contribution >= 0.6 is 23.2 Å². The SMILES string of the molecule is CCC1CCN(S(=O)(=O)c2ccc(Cl)c(CO)c2Cl)C1. The summed E-state index contributed by atoms with van der Waals surface area (Å²) in [6, 6.07) is 2.86. The van der Waals surface area contributed by atoms with Crippen LogP contribution < -0.4 is 0 Å². The second-order valence-electron chi connectivity index (χ2n) is 4.92. The third-order valence-electron chi connectivity index (χ3n) is 3.75. The van der Waals surface area contributed by atoms with Gasteiger partial charge in [0.25, 0.3) is 0 Å². The average molecular weight is 338 g/mol. The molecular weight excluding hydrogens is 321 g/mol. The lowest BCUT2D eigenvalue weighted by molar-refractivity contribution is 0.281. The predicted molar refractivity (Wildman–Crippen MR) is 79.5 cm³/mol. The highest BCUT2D eigenvalue weighted by atomic mass is 35.5. The van der Waals surface area contributed by atoms with Crippen LogP contribution in [-0.2, 0) is 16.6 Å². The van der Waals surface area contributed by atoms with E-state index in [-0.39, 0.29) is 20.5 Å². The van der Waals surface area contributed by atoms with Crippen molar-refractivity contribution in [2.24, 2.45) is 5.92 Å². The topological polar surface area (TPSA) is 57.6 Å². The molecule has 1 saturated heterocycles. The molecule has 20 heavy (non-hydrogen) atoms. The smallest absolute Gasteiger partial charge is 0.244 e. The maximum atomic E-state index is 12.6. The van der Waals surface area contributed by atoms with Gasteiger partial charge in [-0.2, -0.15) is 4.31 Å². The Morgan fingerprint density at radius 2 is 2.10 bits per heavy atom. The van der Waals surface area contributed by atoms with E-state index in [0.29, 0.717) is 19.0 Å². The molecule has 2 rings (SSSR count). The summed E-state index contributed by atoms with van der Waals surface area (Å²) in [7, 11) is -3.63. The van der Waals surface area contributed by atoms with E-state index in [1.807, 2.05) is 0 Å². The lowest BCUT2D eigenvalue weighted by Crippen LogP contribution is -2.29. The largest absolute Gasteiger partial charge is 0.392 e. The van der Waals surface area contributed by atoms with E-state index in [1.165, 1.54) is 16.4 Å². The molecule has 0 aromatic heterocycles. The van der Waals surface area contributed by atoms with Gasteiger partial charge in [-0.15, -0.1) is 0 Å². The maximum Gasteiger partial charge on any atom is 0.244 e. The van der Waals surface area contributed by atoms with Gasteiger partial charge < -0.3 is 5.11 Å². The van der Waals surface area contributed by atoms with Crippen LogP contribution in [0, 0.1) is 5.92 Å². The number of hydrogen-bond donors (Lipinski definition) is 1.